The lowest BCUT2D eigenvalue weighted by Gasteiger charge is -2.29. The highest BCUT2D eigenvalue weighted by molar-refractivity contribution is 7.99. The third-order valence-corrected chi connectivity index (χ3v) is 4.99. The van der Waals surface area contributed by atoms with Crippen LogP contribution in [0.1, 0.15) is 40.0 Å². The number of thioether (sulfide) groups is 1. The molecule has 5 heteroatoms. The van der Waals surface area contributed by atoms with Crippen molar-refractivity contribution in [3.8, 4) is 0 Å². The van der Waals surface area contributed by atoms with Crippen molar-refractivity contribution in [2.24, 2.45) is 5.73 Å². The Morgan fingerprint density at radius 2 is 2.09 bits per heavy atom. The number of ether oxygens (including phenoxy) is 1. The predicted molar refractivity (Wildman–Crippen MR) is 95.7 cm³/mol. The van der Waals surface area contributed by atoms with E-state index in [1.807, 2.05) is 43.9 Å². The molecule has 0 saturated carbocycles. The number of hydrogen-bond donors (Lipinski definition) is 1. The minimum absolute atomic E-state index is 0.0771. The van der Waals surface area contributed by atoms with Crippen LogP contribution in [0.25, 0.3) is 0 Å². The summed E-state index contributed by atoms with van der Waals surface area (Å²) in [6.07, 6.45) is 2.67. The van der Waals surface area contributed by atoms with Crippen LogP contribution >= 0.6 is 11.8 Å². The summed E-state index contributed by atoms with van der Waals surface area (Å²) < 4.78 is 5.50. The van der Waals surface area contributed by atoms with Gasteiger partial charge in [0.15, 0.2) is 0 Å². The summed E-state index contributed by atoms with van der Waals surface area (Å²) in [6.45, 7) is 6.48. The fraction of sp³-hybridized carbons (Fsp3) is 0.611. The van der Waals surface area contributed by atoms with E-state index < -0.39 is 5.60 Å². The summed E-state index contributed by atoms with van der Waals surface area (Å²) >= 11 is 1.77. The normalized spacial score (nSPS) is 19.7. The maximum atomic E-state index is 12.3. The molecule has 2 atom stereocenters. The molecule has 0 bridgehead atoms. The summed E-state index contributed by atoms with van der Waals surface area (Å²) in [6, 6.07) is 10.6. The zero-order valence-electron chi connectivity index (χ0n) is 14.3. The average Bonchev–Trinajstić information content (AvgIpc) is 2.93. The smallest absolute Gasteiger partial charge is 0.410 e. The molecule has 0 aromatic heterocycles. The highest BCUT2D eigenvalue weighted by Crippen LogP contribution is 2.25. The molecule has 0 radical (unpaired) electrons. The zero-order chi connectivity index (χ0) is 16.9. The van der Waals surface area contributed by atoms with Crippen molar-refractivity contribution >= 4 is 17.9 Å². The van der Waals surface area contributed by atoms with Gasteiger partial charge in [-0.25, -0.2) is 4.79 Å². The summed E-state index contributed by atoms with van der Waals surface area (Å²) in [5.41, 5.74) is 5.84. The molecule has 23 heavy (non-hydrogen) atoms. The van der Waals surface area contributed by atoms with Crippen LogP contribution < -0.4 is 5.73 Å². The van der Waals surface area contributed by atoms with Crippen molar-refractivity contribution < 1.29 is 9.53 Å². The van der Waals surface area contributed by atoms with E-state index in [0.29, 0.717) is 0 Å². The van der Waals surface area contributed by atoms with Gasteiger partial charge >= 0.3 is 6.09 Å². The molecule has 1 fully saturated rings. The number of benzene rings is 1. The van der Waals surface area contributed by atoms with Crippen LogP contribution in [-0.2, 0) is 4.74 Å². The first kappa shape index (κ1) is 18.1. The molecule has 4 nitrogen and oxygen atoms in total. The fourth-order valence-electron chi connectivity index (χ4n) is 2.78. The van der Waals surface area contributed by atoms with Crippen molar-refractivity contribution in [2.75, 3.05) is 12.3 Å². The molecule has 1 saturated heterocycles. The van der Waals surface area contributed by atoms with Gasteiger partial charge in [0.05, 0.1) is 0 Å². The van der Waals surface area contributed by atoms with E-state index in [-0.39, 0.29) is 18.2 Å². The van der Waals surface area contributed by atoms with Gasteiger partial charge in [-0.3, -0.25) is 0 Å². The van der Waals surface area contributed by atoms with Crippen LogP contribution in [0.5, 0.6) is 0 Å². The Bertz CT molecular complexity index is 501. The molecule has 1 heterocycles. The van der Waals surface area contributed by atoms with Gasteiger partial charge in [-0.2, -0.15) is 0 Å². The van der Waals surface area contributed by atoms with Crippen molar-refractivity contribution in [3.05, 3.63) is 30.3 Å². The second kappa shape index (κ2) is 8.06. The Balaban J connectivity index is 1.82. The maximum absolute atomic E-state index is 12.3. The van der Waals surface area contributed by atoms with Crippen LogP contribution in [-0.4, -0.2) is 41.0 Å². The molecule has 1 aliphatic heterocycles. The second-order valence-corrected chi connectivity index (χ2v) is 8.18. The Morgan fingerprint density at radius 1 is 1.39 bits per heavy atom. The highest BCUT2D eigenvalue weighted by Gasteiger charge is 2.32. The Labute approximate surface area is 143 Å². The molecular weight excluding hydrogens is 308 g/mol. The van der Waals surface area contributed by atoms with E-state index in [0.717, 1.165) is 31.6 Å². The lowest BCUT2D eigenvalue weighted by molar-refractivity contribution is 0.0217. The first-order valence-corrected chi connectivity index (χ1v) is 9.27. The van der Waals surface area contributed by atoms with E-state index in [1.54, 1.807) is 11.8 Å². The van der Waals surface area contributed by atoms with Crippen molar-refractivity contribution in [3.63, 3.8) is 0 Å². The molecular formula is C18H28N2O2S. The van der Waals surface area contributed by atoms with Gasteiger partial charge in [-0.15, -0.1) is 11.8 Å². The van der Waals surface area contributed by atoms with E-state index in [1.165, 1.54) is 4.90 Å². The minimum atomic E-state index is -0.449. The topological polar surface area (TPSA) is 55.6 Å². The average molecular weight is 337 g/mol. The number of likely N-dealkylation sites (tertiary alicyclic amines) is 1. The molecule has 128 valence electrons. The Kier molecular flexibility index (Phi) is 6.36. The molecule has 0 spiro atoms. The molecule has 1 unspecified atom stereocenters. The highest BCUT2D eigenvalue weighted by atomic mass is 32.2. The molecule has 1 aliphatic rings. The van der Waals surface area contributed by atoms with Crippen LogP contribution in [0.3, 0.4) is 0 Å². The molecule has 2 N–H and O–H groups in total. The van der Waals surface area contributed by atoms with Crippen molar-refractivity contribution in [1.29, 1.82) is 0 Å². The lowest BCUT2D eigenvalue weighted by atomic mass is 10.1. The summed E-state index contributed by atoms with van der Waals surface area (Å²) in [5.74, 6) is 0.864. The third-order valence-electron chi connectivity index (χ3n) is 3.79. The molecule has 1 amide bonds. The van der Waals surface area contributed by atoms with Crippen LogP contribution in [0.4, 0.5) is 4.79 Å². The summed E-state index contributed by atoms with van der Waals surface area (Å²) in [5, 5.41) is 0. The fourth-order valence-corrected chi connectivity index (χ4v) is 3.67. The Morgan fingerprint density at radius 3 is 2.74 bits per heavy atom. The predicted octanol–water partition coefficient (Wildman–Crippen LogP) is 3.90. The largest absolute Gasteiger partial charge is 0.444 e. The van der Waals surface area contributed by atoms with E-state index in [2.05, 4.69) is 12.1 Å². The van der Waals surface area contributed by atoms with Gasteiger partial charge in [0.1, 0.15) is 5.60 Å². The van der Waals surface area contributed by atoms with Gasteiger partial charge in [0, 0.05) is 29.3 Å². The van der Waals surface area contributed by atoms with E-state index >= 15 is 0 Å². The second-order valence-electron chi connectivity index (χ2n) is 7.09. The number of carbonyl (C=O) groups is 1. The van der Waals surface area contributed by atoms with Gasteiger partial charge in [0.25, 0.3) is 0 Å². The SMILES string of the molecule is CC(C)(C)OC(=O)N1CCC[C@@H]1CC(N)CSc1ccccc1. The van der Waals surface area contributed by atoms with Gasteiger partial charge in [0.2, 0.25) is 0 Å². The maximum Gasteiger partial charge on any atom is 0.410 e. The molecule has 2 rings (SSSR count). The van der Waals surface area contributed by atoms with Crippen LogP contribution in [0, 0.1) is 0 Å². The van der Waals surface area contributed by atoms with Gasteiger partial charge in [-0.05, 0) is 52.2 Å². The van der Waals surface area contributed by atoms with E-state index in [9.17, 15) is 4.79 Å². The van der Waals surface area contributed by atoms with Gasteiger partial charge < -0.3 is 15.4 Å². The molecule has 1 aromatic rings. The Hall–Kier alpha value is -1.20. The van der Waals surface area contributed by atoms with Crippen LogP contribution in [0.2, 0.25) is 0 Å². The molecule has 1 aromatic carbocycles. The lowest BCUT2D eigenvalue weighted by Crippen LogP contribution is -2.42. The number of nitrogens with zero attached hydrogens (tertiary/aromatic N) is 1. The standard InChI is InChI=1S/C18H28N2O2S/c1-18(2,3)22-17(21)20-11-7-8-15(20)12-14(19)13-23-16-9-5-4-6-10-16/h4-6,9-10,14-15H,7-8,11-13,19H2,1-3H3/t14?,15-/m1/s1. The number of amides is 1. The number of hydrogen-bond acceptors (Lipinski definition) is 4. The molecule has 0 aliphatic carbocycles. The van der Waals surface area contributed by atoms with Gasteiger partial charge in [-0.1, -0.05) is 18.2 Å². The summed E-state index contributed by atoms with van der Waals surface area (Å²) in [4.78, 5) is 15.4. The van der Waals surface area contributed by atoms with E-state index in [4.69, 9.17) is 10.5 Å². The third kappa shape index (κ3) is 6.07. The minimum Gasteiger partial charge on any atom is -0.444 e. The monoisotopic (exact) mass is 336 g/mol. The quantitative estimate of drug-likeness (QED) is 0.829. The number of nitrogens with two attached hydrogens (primary N) is 1. The first-order chi connectivity index (χ1) is 10.8. The van der Waals surface area contributed by atoms with Crippen LogP contribution in [0.15, 0.2) is 35.2 Å². The van der Waals surface area contributed by atoms with Crippen molar-refractivity contribution in [1.82, 2.24) is 4.90 Å². The zero-order valence-corrected chi connectivity index (χ0v) is 15.1. The summed E-state index contributed by atoms with van der Waals surface area (Å²) in [7, 11) is 0. The van der Waals surface area contributed by atoms with Crippen molar-refractivity contribution in [2.45, 2.75) is 62.6 Å². The number of rotatable bonds is 5. The first-order valence-electron chi connectivity index (χ1n) is 8.28. The number of carbonyl (C=O) groups excluding carboxylic acids is 1.